The maximum Gasteiger partial charge on any atom is 0.416 e. The number of ether oxygens (including phenoxy) is 1. The highest BCUT2D eigenvalue weighted by molar-refractivity contribution is 7.10. The first-order valence-corrected chi connectivity index (χ1v) is 6.49. The molecular weight excluding hydrogens is 323 g/mol. The molecule has 22 heavy (non-hydrogen) atoms. The summed E-state index contributed by atoms with van der Waals surface area (Å²) in [6, 6.07) is 3.69. The Labute approximate surface area is 126 Å². The van der Waals surface area contributed by atoms with Gasteiger partial charge in [0.1, 0.15) is 0 Å². The van der Waals surface area contributed by atoms with Crippen LogP contribution < -0.4 is 5.32 Å². The summed E-state index contributed by atoms with van der Waals surface area (Å²) >= 11 is 0.750. The van der Waals surface area contributed by atoms with Crippen molar-refractivity contribution >= 4 is 28.5 Å². The van der Waals surface area contributed by atoms with Gasteiger partial charge in [-0.05, 0) is 24.3 Å². The Bertz CT molecular complexity index is 698. The highest BCUT2D eigenvalue weighted by Crippen LogP contribution is 2.29. The van der Waals surface area contributed by atoms with Gasteiger partial charge in [0, 0.05) is 17.1 Å². The molecule has 0 spiro atoms. The number of amides is 1. The van der Waals surface area contributed by atoms with Gasteiger partial charge in [-0.15, -0.1) is 0 Å². The van der Waals surface area contributed by atoms with Crippen LogP contribution >= 0.6 is 11.5 Å². The number of esters is 1. The zero-order valence-electron chi connectivity index (χ0n) is 11.0. The largest absolute Gasteiger partial charge is 0.463 e. The number of halogens is 3. The molecule has 0 aliphatic carbocycles. The SMILES string of the molecule is COC(=O)c1nsc(NC(=O)c2ccc(C(F)(F)F)cc2)n1. The molecule has 2 aromatic rings. The number of anilines is 1. The van der Waals surface area contributed by atoms with Crippen molar-refractivity contribution in [2.45, 2.75) is 6.18 Å². The second kappa shape index (κ2) is 6.10. The van der Waals surface area contributed by atoms with Gasteiger partial charge in [0.2, 0.25) is 5.13 Å². The van der Waals surface area contributed by atoms with Gasteiger partial charge in [-0.25, -0.2) is 4.79 Å². The van der Waals surface area contributed by atoms with Crippen LogP contribution in [0.2, 0.25) is 0 Å². The zero-order valence-corrected chi connectivity index (χ0v) is 11.8. The zero-order chi connectivity index (χ0) is 16.3. The van der Waals surface area contributed by atoms with E-state index in [0.717, 1.165) is 42.9 Å². The van der Waals surface area contributed by atoms with Gasteiger partial charge in [-0.2, -0.15) is 22.5 Å². The highest BCUT2D eigenvalue weighted by atomic mass is 32.1. The van der Waals surface area contributed by atoms with Crippen molar-refractivity contribution in [3.05, 3.63) is 41.2 Å². The van der Waals surface area contributed by atoms with Gasteiger partial charge in [-0.3, -0.25) is 10.1 Å². The molecule has 0 bridgehead atoms. The van der Waals surface area contributed by atoms with Crippen LogP contribution in [0.5, 0.6) is 0 Å². The maximum atomic E-state index is 12.4. The summed E-state index contributed by atoms with van der Waals surface area (Å²) in [5, 5.41) is 2.37. The van der Waals surface area contributed by atoms with E-state index >= 15 is 0 Å². The Hall–Kier alpha value is -2.49. The lowest BCUT2D eigenvalue weighted by molar-refractivity contribution is -0.137. The van der Waals surface area contributed by atoms with E-state index in [9.17, 15) is 22.8 Å². The molecule has 1 amide bonds. The third-order valence-electron chi connectivity index (χ3n) is 2.49. The summed E-state index contributed by atoms with van der Waals surface area (Å²) in [5.41, 5.74) is -0.837. The summed E-state index contributed by atoms with van der Waals surface area (Å²) < 4.78 is 45.3. The average molecular weight is 331 g/mol. The lowest BCUT2D eigenvalue weighted by atomic mass is 10.1. The van der Waals surface area contributed by atoms with Crippen molar-refractivity contribution in [3.8, 4) is 0 Å². The lowest BCUT2D eigenvalue weighted by Crippen LogP contribution is -2.13. The number of alkyl halides is 3. The molecule has 1 aromatic heterocycles. The number of benzene rings is 1. The molecule has 0 atom stereocenters. The Morgan fingerprint density at radius 3 is 2.41 bits per heavy atom. The molecule has 0 aliphatic rings. The summed E-state index contributed by atoms with van der Waals surface area (Å²) in [7, 11) is 1.16. The van der Waals surface area contributed by atoms with Gasteiger partial charge >= 0.3 is 12.1 Å². The number of nitrogens with zero attached hydrogens (tertiary/aromatic N) is 2. The van der Waals surface area contributed by atoms with E-state index in [4.69, 9.17) is 0 Å². The van der Waals surface area contributed by atoms with Crippen LogP contribution in [0.3, 0.4) is 0 Å². The molecule has 0 saturated heterocycles. The molecule has 0 fully saturated rings. The molecule has 0 radical (unpaired) electrons. The van der Waals surface area contributed by atoms with E-state index < -0.39 is 23.6 Å². The third kappa shape index (κ3) is 3.58. The van der Waals surface area contributed by atoms with Crippen LogP contribution in [0.25, 0.3) is 0 Å². The molecule has 1 aromatic carbocycles. The smallest absolute Gasteiger partial charge is 0.416 e. The average Bonchev–Trinajstić information content (AvgIpc) is 2.94. The molecule has 1 heterocycles. The van der Waals surface area contributed by atoms with Gasteiger partial charge < -0.3 is 4.74 Å². The van der Waals surface area contributed by atoms with Crippen molar-refractivity contribution in [1.29, 1.82) is 0 Å². The molecule has 6 nitrogen and oxygen atoms in total. The van der Waals surface area contributed by atoms with E-state index in [1.54, 1.807) is 0 Å². The van der Waals surface area contributed by atoms with Crippen molar-refractivity contribution < 1.29 is 27.5 Å². The minimum atomic E-state index is -4.47. The molecule has 2 rings (SSSR count). The fourth-order valence-electron chi connectivity index (χ4n) is 1.43. The number of hydrogen-bond donors (Lipinski definition) is 1. The monoisotopic (exact) mass is 331 g/mol. The fraction of sp³-hybridized carbons (Fsp3) is 0.167. The maximum absolute atomic E-state index is 12.4. The molecule has 116 valence electrons. The molecular formula is C12H8F3N3O3S. The van der Waals surface area contributed by atoms with Gasteiger partial charge in [-0.1, -0.05) is 0 Å². The molecule has 1 N–H and O–H groups in total. The summed E-state index contributed by atoms with van der Waals surface area (Å²) in [6.07, 6.45) is -4.47. The summed E-state index contributed by atoms with van der Waals surface area (Å²) in [6.45, 7) is 0. The van der Waals surface area contributed by atoms with Gasteiger partial charge in [0.05, 0.1) is 12.7 Å². The van der Waals surface area contributed by atoms with E-state index in [1.165, 1.54) is 0 Å². The van der Waals surface area contributed by atoms with Crippen LogP contribution in [0.1, 0.15) is 26.5 Å². The topological polar surface area (TPSA) is 81.2 Å². The quantitative estimate of drug-likeness (QED) is 0.874. The second-order valence-electron chi connectivity index (χ2n) is 3.94. The van der Waals surface area contributed by atoms with E-state index in [2.05, 4.69) is 19.4 Å². The first-order chi connectivity index (χ1) is 10.3. The van der Waals surface area contributed by atoms with Crippen LogP contribution in [0.15, 0.2) is 24.3 Å². The van der Waals surface area contributed by atoms with Crippen molar-refractivity contribution in [1.82, 2.24) is 9.36 Å². The minimum absolute atomic E-state index is 0.0165. The van der Waals surface area contributed by atoms with Crippen LogP contribution in [0, 0.1) is 0 Å². The first-order valence-electron chi connectivity index (χ1n) is 5.72. The van der Waals surface area contributed by atoms with Gasteiger partial charge in [0.25, 0.3) is 11.7 Å². The Kier molecular flexibility index (Phi) is 4.40. The minimum Gasteiger partial charge on any atom is -0.463 e. The molecule has 0 unspecified atom stereocenters. The Morgan fingerprint density at radius 1 is 1.23 bits per heavy atom. The van der Waals surface area contributed by atoms with Crippen LogP contribution in [-0.2, 0) is 10.9 Å². The Balaban J connectivity index is 2.09. The Morgan fingerprint density at radius 2 is 1.86 bits per heavy atom. The second-order valence-corrected chi connectivity index (χ2v) is 4.70. The van der Waals surface area contributed by atoms with Crippen LogP contribution in [-0.4, -0.2) is 28.3 Å². The number of hydrogen-bond acceptors (Lipinski definition) is 6. The lowest BCUT2D eigenvalue weighted by Gasteiger charge is -2.07. The number of nitrogens with one attached hydrogen (secondary N) is 1. The number of methoxy groups -OCH3 is 1. The summed E-state index contributed by atoms with van der Waals surface area (Å²) in [5.74, 6) is -1.64. The highest BCUT2D eigenvalue weighted by Gasteiger charge is 2.30. The third-order valence-corrected chi connectivity index (χ3v) is 3.12. The van der Waals surface area contributed by atoms with Crippen LogP contribution in [0.4, 0.5) is 18.3 Å². The molecule has 0 aliphatic heterocycles. The number of aromatic nitrogens is 2. The first kappa shape index (κ1) is 15.9. The molecule has 10 heteroatoms. The number of carbonyl (C=O) groups excluding carboxylic acids is 2. The predicted octanol–water partition coefficient (Wildman–Crippen LogP) is 2.60. The predicted molar refractivity (Wildman–Crippen MR) is 70.6 cm³/mol. The molecule has 0 saturated carbocycles. The van der Waals surface area contributed by atoms with Crippen molar-refractivity contribution in [2.24, 2.45) is 0 Å². The van der Waals surface area contributed by atoms with E-state index in [1.807, 2.05) is 0 Å². The number of carbonyl (C=O) groups is 2. The fourth-order valence-corrected chi connectivity index (χ4v) is 1.98. The van der Waals surface area contributed by atoms with Crippen molar-refractivity contribution in [3.63, 3.8) is 0 Å². The van der Waals surface area contributed by atoms with Gasteiger partial charge in [0.15, 0.2) is 0 Å². The number of rotatable bonds is 3. The van der Waals surface area contributed by atoms with E-state index in [-0.39, 0.29) is 16.5 Å². The summed E-state index contributed by atoms with van der Waals surface area (Å²) in [4.78, 5) is 26.7. The normalized spacial score (nSPS) is 11.1. The van der Waals surface area contributed by atoms with E-state index in [0.29, 0.717) is 0 Å². The van der Waals surface area contributed by atoms with Crippen molar-refractivity contribution in [2.75, 3.05) is 12.4 Å². The standard InChI is InChI=1S/C12H8F3N3O3S/c1-21-10(20)8-16-11(22-18-8)17-9(19)6-2-4-7(5-3-6)12(13,14)15/h2-5H,1H3,(H,16,17,18,19).